The number of nitrogens with one attached hydrogen (secondary N) is 2. The van der Waals surface area contributed by atoms with Gasteiger partial charge in [-0.3, -0.25) is 9.97 Å². The first-order valence-corrected chi connectivity index (χ1v) is 11.2. The standard InChI is InChI=1S/C23H20N8S/c1-13-10-18(24)17-12-16(6-8-20(17)26-13)28-22-29-21(30-23(31-22)32-2)27-15-5-7-19-14(11-15)4-3-9-25-19/h3-12H,1-2H3,(H2,24,26)(H2,27,28,29,30,31). The molecule has 2 aromatic carbocycles. The minimum atomic E-state index is 0.437. The minimum absolute atomic E-state index is 0.437. The number of aryl methyl sites for hydroxylation is 1. The summed E-state index contributed by atoms with van der Waals surface area (Å²) in [5.41, 5.74) is 11.2. The topological polar surface area (TPSA) is 115 Å². The maximum Gasteiger partial charge on any atom is 0.233 e. The first-order chi connectivity index (χ1) is 15.6. The van der Waals surface area contributed by atoms with Crippen molar-refractivity contribution in [3.8, 4) is 0 Å². The van der Waals surface area contributed by atoms with Crippen LogP contribution in [-0.4, -0.2) is 31.2 Å². The Hall–Kier alpha value is -3.98. The fourth-order valence-electron chi connectivity index (χ4n) is 3.44. The van der Waals surface area contributed by atoms with Gasteiger partial charge in [-0.05, 0) is 61.7 Å². The van der Waals surface area contributed by atoms with Crippen LogP contribution >= 0.6 is 11.8 Å². The number of pyridine rings is 2. The molecular formula is C23H20N8S. The molecule has 0 radical (unpaired) electrons. The van der Waals surface area contributed by atoms with E-state index in [1.54, 1.807) is 6.20 Å². The summed E-state index contributed by atoms with van der Waals surface area (Å²) in [6, 6.07) is 17.5. The SMILES string of the molecule is CSc1nc(Nc2ccc3ncccc3c2)nc(Nc2ccc3nc(C)cc(N)c3c2)n1. The Morgan fingerprint density at radius 1 is 0.812 bits per heavy atom. The molecule has 5 rings (SSSR count). The van der Waals surface area contributed by atoms with Gasteiger partial charge in [0.05, 0.1) is 11.0 Å². The molecule has 0 aliphatic rings. The number of thioether (sulfide) groups is 1. The van der Waals surface area contributed by atoms with Crippen LogP contribution in [0.4, 0.5) is 29.0 Å². The summed E-state index contributed by atoms with van der Waals surface area (Å²) in [6.07, 6.45) is 3.71. The van der Waals surface area contributed by atoms with Gasteiger partial charge in [0.15, 0.2) is 5.16 Å². The molecule has 0 aliphatic carbocycles. The quantitative estimate of drug-likeness (QED) is 0.322. The molecule has 5 aromatic rings. The van der Waals surface area contributed by atoms with Crippen molar-refractivity contribution in [2.24, 2.45) is 0 Å². The molecule has 4 N–H and O–H groups in total. The van der Waals surface area contributed by atoms with Crippen molar-refractivity contribution < 1.29 is 0 Å². The van der Waals surface area contributed by atoms with Crippen LogP contribution in [0.15, 0.2) is 66.0 Å². The molecule has 0 saturated carbocycles. The summed E-state index contributed by atoms with van der Waals surface area (Å²) in [5, 5.41) is 9.04. The Labute approximate surface area is 188 Å². The molecule has 0 spiro atoms. The second-order valence-electron chi connectivity index (χ2n) is 7.21. The van der Waals surface area contributed by atoms with Crippen LogP contribution in [0.3, 0.4) is 0 Å². The van der Waals surface area contributed by atoms with Gasteiger partial charge in [-0.1, -0.05) is 17.8 Å². The summed E-state index contributed by atoms with van der Waals surface area (Å²) in [4.78, 5) is 22.4. The van der Waals surface area contributed by atoms with Gasteiger partial charge in [0, 0.05) is 39.7 Å². The van der Waals surface area contributed by atoms with E-state index < -0.39 is 0 Å². The summed E-state index contributed by atoms with van der Waals surface area (Å²) < 4.78 is 0. The van der Waals surface area contributed by atoms with Gasteiger partial charge in [-0.2, -0.15) is 15.0 Å². The Kier molecular flexibility index (Phi) is 5.16. The largest absolute Gasteiger partial charge is 0.398 e. The molecule has 32 heavy (non-hydrogen) atoms. The van der Waals surface area contributed by atoms with Crippen molar-refractivity contribution in [2.75, 3.05) is 22.6 Å². The van der Waals surface area contributed by atoms with Crippen LogP contribution in [0.25, 0.3) is 21.8 Å². The molecule has 0 bridgehead atoms. The van der Waals surface area contributed by atoms with Crippen LogP contribution in [0, 0.1) is 6.92 Å². The lowest BCUT2D eigenvalue weighted by atomic mass is 10.1. The third kappa shape index (κ3) is 4.10. The molecule has 158 valence electrons. The first kappa shape index (κ1) is 20.0. The zero-order valence-electron chi connectivity index (χ0n) is 17.5. The van der Waals surface area contributed by atoms with Gasteiger partial charge >= 0.3 is 0 Å². The lowest BCUT2D eigenvalue weighted by molar-refractivity contribution is 0.923. The molecule has 0 saturated heterocycles. The maximum absolute atomic E-state index is 6.19. The average Bonchev–Trinajstić information content (AvgIpc) is 2.79. The van der Waals surface area contributed by atoms with Crippen molar-refractivity contribution in [1.29, 1.82) is 0 Å². The lowest BCUT2D eigenvalue weighted by Crippen LogP contribution is -2.05. The number of hydrogen-bond acceptors (Lipinski definition) is 9. The van der Waals surface area contributed by atoms with Crippen LogP contribution in [-0.2, 0) is 0 Å². The Bertz CT molecular complexity index is 1450. The lowest BCUT2D eigenvalue weighted by Gasteiger charge is -2.11. The van der Waals surface area contributed by atoms with Crippen molar-refractivity contribution in [3.05, 3.63) is 66.5 Å². The van der Waals surface area contributed by atoms with Gasteiger partial charge in [0.25, 0.3) is 0 Å². The fraction of sp³-hybridized carbons (Fsp3) is 0.0870. The molecule has 0 aliphatic heterocycles. The minimum Gasteiger partial charge on any atom is -0.398 e. The molecule has 0 fully saturated rings. The molecular weight excluding hydrogens is 420 g/mol. The summed E-state index contributed by atoms with van der Waals surface area (Å²) in [6.45, 7) is 1.93. The molecule has 8 nitrogen and oxygen atoms in total. The van der Waals surface area contributed by atoms with E-state index in [0.29, 0.717) is 22.7 Å². The Morgan fingerprint density at radius 2 is 1.53 bits per heavy atom. The van der Waals surface area contributed by atoms with Crippen molar-refractivity contribution in [2.45, 2.75) is 12.1 Å². The molecule has 3 aromatic heterocycles. The van der Waals surface area contributed by atoms with Gasteiger partial charge in [0.2, 0.25) is 11.9 Å². The van der Waals surface area contributed by atoms with E-state index in [0.717, 1.165) is 38.9 Å². The predicted molar refractivity (Wildman–Crippen MR) is 131 cm³/mol. The van der Waals surface area contributed by atoms with Gasteiger partial charge in [-0.15, -0.1) is 0 Å². The number of anilines is 5. The smallest absolute Gasteiger partial charge is 0.233 e. The molecule has 0 atom stereocenters. The third-order valence-electron chi connectivity index (χ3n) is 4.88. The second kappa shape index (κ2) is 8.27. The number of benzene rings is 2. The van der Waals surface area contributed by atoms with Gasteiger partial charge < -0.3 is 16.4 Å². The summed E-state index contributed by atoms with van der Waals surface area (Å²) in [7, 11) is 0. The summed E-state index contributed by atoms with van der Waals surface area (Å²) in [5.74, 6) is 0.889. The molecule has 0 amide bonds. The number of nitrogens with zero attached hydrogens (tertiary/aromatic N) is 5. The van der Waals surface area contributed by atoms with E-state index in [-0.39, 0.29) is 0 Å². The predicted octanol–water partition coefficient (Wildman–Crippen LogP) is 5.07. The van der Waals surface area contributed by atoms with E-state index in [9.17, 15) is 0 Å². The average molecular weight is 441 g/mol. The normalized spacial score (nSPS) is 11.1. The number of aromatic nitrogens is 5. The highest BCUT2D eigenvalue weighted by atomic mass is 32.2. The highest BCUT2D eigenvalue weighted by Crippen LogP contribution is 2.26. The van der Waals surface area contributed by atoms with Gasteiger partial charge in [-0.25, -0.2) is 0 Å². The Morgan fingerprint density at radius 3 is 2.28 bits per heavy atom. The zero-order chi connectivity index (χ0) is 22.1. The zero-order valence-corrected chi connectivity index (χ0v) is 18.3. The van der Waals surface area contributed by atoms with E-state index in [1.807, 2.05) is 67.8 Å². The molecule has 9 heteroatoms. The highest BCUT2D eigenvalue weighted by molar-refractivity contribution is 7.98. The number of nitrogen functional groups attached to an aromatic ring is 1. The van der Waals surface area contributed by atoms with Crippen LogP contribution in [0.2, 0.25) is 0 Å². The van der Waals surface area contributed by atoms with E-state index in [4.69, 9.17) is 5.73 Å². The van der Waals surface area contributed by atoms with E-state index >= 15 is 0 Å². The van der Waals surface area contributed by atoms with Crippen molar-refractivity contribution in [3.63, 3.8) is 0 Å². The second-order valence-corrected chi connectivity index (χ2v) is 7.99. The molecule has 3 heterocycles. The highest BCUT2D eigenvalue weighted by Gasteiger charge is 2.09. The number of rotatable bonds is 5. The fourth-order valence-corrected chi connectivity index (χ4v) is 3.79. The molecule has 0 unspecified atom stereocenters. The number of nitrogens with two attached hydrogens (primary N) is 1. The van der Waals surface area contributed by atoms with Crippen LogP contribution < -0.4 is 16.4 Å². The van der Waals surface area contributed by atoms with E-state index in [1.165, 1.54) is 11.8 Å². The first-order valence-electron chi connectivity index (χ1n) is 9.93. The summed E-state index contributed by atoms with van der Waals surface area (Å²) >= 11 is 1.45. The van der Waals surface area contributed by atoms with E-state index in [2.05, 4.69) is 35.6 Å². The van der Waals surface area contributed by atoms with Crippen molar-refractivity contribution >= 4 is 62.5 Å². The Balaban J connectivity index is 1.45. The van der Waals surface area contributed by atoms with Crippen LogP contribution in [0.5, 0.6) is 0 Å². The van der Waals surface area contributed by atoms with Crippen LogP contribution in [0.1, 0.15) is 5.69 Å². The number of fused-ring (bicyclic) bond motifs is 2. The monoisotopic (exact) mass is 440 g/mol. The van der Waals surface area contributed by atoms with Crippen molar-refractivity contribution in [1.82, 2.24) is 24.9 Å². The third-order valence-corrected chi connectivity index (χ3v) is 5.43. The van der Waals surface area contributed by atoms with Gasteiger partial charge in [0.1, 0.15) is 0 Å². The number of hydrogen-bond donors (Lipinski definition) is 3. The maximum atomic E-state index is 6.19.